The minimum Gasteiger partial charge on any atom is -0.312 e. The summed E-state index contributed by atoms with van der Waals surface area (Å²) in [5.41, 5.74) is 4.56. The van der Waals surface area contributed by atoms with Crippen molar-refractivity contribution in [2.75, 3.05) is 6.54 Å². The Morgan fingerprint density at radius 3 is 2.48 bits per heavy atom. The molecule has 0 bridgehead atoms. The van der Waals surface area contributed by atoms with Crippen molar-refractivity contribution in [1.82, 2.24) is 15.1 Å². The largest absolute Gasteiger partial charge is 0.312 e. The minimum atomic E-state index is -0.203. The van der Waals surface area contributed by atoms with E-state index in [1.807, 2.05) is 23.7 Å². The molecule has 114 valence electrons. The third-order valence-corrected chi connectivity index (χ3v) is 3.63. The molecular formula is C17H24FN3. The van der Waals surface area contributed by atoms with Crippen LogP contribution in [0.2, 0.25) is 0 Å². The highest BCUT2D eigenvalue weighted by Crippen LogP contribution is 2.15. The molecule has 0 amide bonds. The van der Waals surface area contributed by atoms with Crippen LogP contribution in [0.25, 0.3) is 0 Å². The number of aromatic nitrogens is 2. The Hall–Kier alpha value is -1.68. The molecule has 1 aromatic carbocycles. The Bertz CT molecular complexity index is 585. The molecule has 1 aromatic heterocycles. The van der Waals surface area contributed by atoms with Crippen molar-refractivity contribution in [3.63, 3.8) is 0 Å². The summed E-state index contributed by atoms with van der Waals surface area (Å²) in [6.45, 7) is 11.1. The number of nitrogens with one attached hydrogen (secondary N) is 1. The van der Waals surface area contributed by atoms with Gasteiger partial charge in [0.1, 0.15) is 5.82 Å². The van der Waals surface area contributed by atoms with E-state index >= 15 is 0 Å². The van der Waals surface area contributed by atoms with Crippen molar-refractivity contribution in [2.24, 2.45) is 5.92 Å². The Balaban J connectivity index is 2.09. The highest BCUT2D eigenvalue weighted by Gasteiger charge is 2.11. The number of halogens is 1. The fourth-order valence-electron chi connectivity index (χ4n) is 2.39. The maximum atomic E-state index is 12.9. The van der Waals surface area contributed by atoms with E-state index in [1.165, 1.54) is 23.4 Å². The Morgan fingerprint density at radius 2 is 1.86 bits per heavy atom. The fourth-order valence-corrected chi connectivity index (χ4v) is 2.39. The molecule has 0 fully saturated rings. The van der Waals surface area contributed by atoms with E-state index in [2.05, 4.69) is 31.2 Å². The van der Waals surface area contributed by atoms with Crippen LogP contribution in [0.15, 0.2) is 24.3 Å². The van der Waals surface area contributed by atoms with Crippen LogP contribution in [0.5, 0.6) is 0 Å². The van der Waals surface area contributed by atoms with Gasteiger partial charge in [-0.15, -0.1) is 0 Å². The zero-order valence-electron chi connectivity index (χ0n) is 13.3. The molecule has 0 unspecified atom stereocenters. The lowest BCUT2D eigenvalue weighted by Crippen LogP contribution is -2.19. The summed E-state index contributed by atoms with van der Waals surface area (Å²) in [4.78, 5) is 0. The minimum absolute atomic E-state index is 0.203. The van der Waals surface area contributed by atoms with Crippen LogP contribution in [-0.2, 0) is 13.1 Å². The average Bonchev–Trinajstić information content (AvgIpc) is 2.68. The van der Waals surface area contributed by atoms with E-state index in [9.17, 15) is 4.39 Å². The van der Waals surface area contributed by atoms with Gasteiger partial charge >= 0.3 is 0 Å². The second-order valence-corrected chi connectivity index (χ2v) is 5.96. The van der Waals surface area contributed by atoms with Crippen LogP contribution < -0.4 is 5.32 Å². The van der Waals surface area contributed by atoms with Crippen molar-refractivity contribution >= 4 is 0 Å². The van der Waals surface area contributed by atoms with Crippen LogP contribution in [-0.4, -0.2) is 16.3 Å². The topological polar surface area (TPSA) is 29.9 Å². The van der Waals surface area contributed by atoms with Gasteiger partial charge in [-0.1, -0.05) is 26.0 Å². The van der Waals surface area contributed by atoms with Gasteiger partial charge in [0, 0.05) is 17.8 Å². The predicted octanol–water partition coefficient (Wildman–Crippen LogP) is 3.43. The molecule has 21 heavy (non-hydrogen) atoms. The molecule has 2 aromatic rings. The first-order valence-electron chi connectivity index (χ1n) is 7.45. The third kappa shape index (κ3) is 4.14. The standard InChI is InChI=1S/C17H24FN3/c1-12(2)9-19-10-17-13(3)20-21(14(17)4)11-15-5-7-16(18)8-6-15/h5-8,12,19H,9-11H2,1-4H3. The first-order chi connectivity index (χ1) is 9.97. The maximum absolute atomic E-state index is 12.9. The molecule has 2 rings (SSSR count). The SMILES string of the molecule is Cc1nn(Cc2ccc(F)cc2)c(C)c1CNCC(C)C. The summed E-state index contributed by atoms with van der Waals surface area (Å²) < 4.78 is 14.9. The normalized spacial score (nSPS) is 11.3. The summed E-state index contributed by atoms with van der Waals surface area (Å²) in [5.74, 6) is 0.436. The van der Waals surface area contributed by atoms with Gasteiger partial charge in [-0.3, -0.25) is 4.68 Å². The molecule has 0 aliphatic rings. The zero-order valence-corrected chi connectivity index (χ0v) is 13.3. The number of benzene rings is 1. The Morgan fingerprint density at radius 1 is 1.19 bits per heavy atom. The van der Waals surface area contributed by atoms with Crippen molar-refractivity contribution in [2.45, 2.75) is 40.8 Å². The summed E-state index contributed by atoms with van der Waals surface area (Å²) in [6.07, 6.45) is 0. The molecule has 0 saturated heterocycles. The molecule has 1 N–H and O–H groups in total. The van der Waals surface area contributed by atoms with Gasteiger partial charge in [0.05, 0.1) is 12.2 Å². The first-order valence-corrected chi connectivity index (χ1v) is 7.45. The highest BCUT2D eigenvalue weighted by atomic mass is 19.1. The van der Waals surface area contributed by atoms with Crippen LogP contribution >= 0.6 is 0 Å². The summed E-state index contributed by atoms with van der Waals surface area (Å²) in [7, 11) is 0. The summed E-state index contributed by atoms with van der Waals surface area (Å²) in [5, 5.41) is 8.07. The van der Waals surface area contributed by atoms with Crippen molar-refractivity contribution < 1.29 is 4.39 Å². The monoisotopic (exact) mass is 289 g/mol. The molecule has 0 spiro atoms. The predicted molar refractivity (Wildman–Crippen MR) is 83.7 cm³/mol. The van der Waals surface area contributed by atoms with E-state index in [0.717, 1.165) is 24.3 Å². The molecule has 4 heteroatoms. The molecule has 0 aliphatic heterocycles. The second-order valence-electron chi connectivity index (χ2n) is 5.96. The lowest BCUT2D eigenvalue weighted by molar-refractivity contribution is 0.550. The van der Waals surface area contributed by atoms with Gasteiger partial charge in [0.15, 0.2) is 0 Å². The number of rotatable bonds is 6. The lowest BCUT2D eigenvalue weighted by atomic mass is 10.1. The van der Waals surface area contributed by atoms with Crippen LogP contribution in [0.4, 0.5) is 4.39 Å². The molecule has 0 atom stereocenters. The van der Waals surface area contributed by atoms with Crippen molar-refractivity contribution in [1.29, 1.82) is 0 Å². The van der Waals surface area contributed by atoms with E-state index < -0.39 is 0 Å². The van der Waals surface area contributed by atoms with Crippen molar-refractivity contribution in [3.05, 3.63) is 52.6 Å². The van der Waals surface area contributed by atoms with Gasteiger partial charge in [-0.05, 0) is 44.0 Å². The number of aryl methyl sites for hydroxylation is 1. The van der Waals surface area contributed by atoms with E-state index in [0.29, 0.717) is 12.5 Å². The Labute approximate surface area is 126 Å². The highest BCUT2D eigenvalue weighted by molar-refractivity contribution is 5.26. The lowest BCUT2D eigenvalue weighted by Gasteiger charge is -2.08. The van der Waals surface area contributed by atoms with Gasteiger partial charge < -0.3 is 5.32 Å². The summed E-state index contributed by atoms with van der Waals surface area (Å²) >= 11 is 0. The smallest absolute Gasteiger partial charge is 0.123 e. The van der Waals surface area contributed by atoms with Crippen LogP contribution in [0.3, 0.4) is 0 Å². The molecule has 0 saturated carbocycles. The Kier molecular flexibility index (Phi) is 5.12. The zero-order chi connectivity index (χ0) is 15.4. The molecule has 0 aliphatic carbocycles. The molecule has 0 radical (unpaired) electrons. The van der Waals surface area contributed by atoms with Gasteiger partial charge in [-0.2, -0.15) is 5.10 Å². The second kappa shape index (κ2) is 6.85. The van der Waals surface area contributed by atoms with Gasteiger partial charge in [0.25, 0.3) is 0 Å². The quantitative estimate of drug-likeness (QED) is 0.883. The maximum Gasteiger partial charge on any atom is 0.123 e. The number of hydrogen-bond acceptors (Lipinski definition) is 2. The average molecular weight is 289 g/mol. The fraction of sp³-hybridized carbons (Fsp3) is 0.471. The molecule has 1 heterocycles. The van der Waals surface area contributed by atoms with Crippen LogP contribution in [0, 0.1) is 25.6 Å². The van der Waals surface area contributed by atoms with E-state index in [4.69, 9.17) is 0 Å². The summed E-state index contributed by atoms with van der Waals surface area (Å²) in [6, 6.07) is 6.60. The van der Waals surface area contributed by atoms with Crippen molar-refractivity contribution in [3.8, 4) is 0 Å². The van der Waals surface area contributed by atoms with Crippen LogP contribution in [0.1, 0.15) is 36.4 Å². The van der Waals surface area contributed by atoms with Gasteiger partial charge in [0.2, 0.25) is 0 Å². The first kappa shape index (κ1) is 15.7. The number of nitrogens with zero attached hydrogens (tertiary/aromatic N) is 2. The van der Waals surface area contributed by atoms with E-state index in [1.54, 1.807) is 0 Å². The van der Waals surface area contributed by atoms with E-state index in [-0.39, 0.29) is 5.82 Å². The van der Waals surface area contributed by atoms with Gasteiger partial charge in [-0.25, -0.2) is 4.39 Å². The molecule has 3 nitrogen and oxygen atoms in total. The number of hydrogen-bond donors (Lipinski definition) is 1. The third-order valence-electron chi connectivity index (χ3n) is 3.63. The molecular weight excluding hydrogens is 265 g/mol.